The van der Waals surface area contributed by atoms with Gasteiger partial charge >= 0.3 is 5.69 Å². The van der Waals surface area contributed by atoms with Crippen LogP contribution in [0.1, 0.15) is 12.5 Å². The Labute approximate surface area is 139 Å². The van der Waals surface area contributed by atoms with E-state index in [1.165, 1.54) is 24.9 Å². The van der Waals surface area contributed by atoms with E-state index in [0.29, 0.717) is 11.5 Å². The van der Waals surface area contributed by atoms with E-state index in [4.69, 9.17) is 4.74 Å². The van der Waals surface area contributed by atoms with Gasteiger partial charge in [-0.3, -0.25) is 14.9 Å². The molecule has 0 spiro atoms. The predicted molar refractivity (Wildman–Crippen MR) is 89.9 cm³/mol. The van der Waals surface area contributed by atoms with Crippen LogP contribution < -0.4 is 10.1 Å². The van der Waals surface area contributed by atoms with Gasteiger partial charge in [-0.15, -0.1) is 11.8 Å². The summed E-state index contributed by atoms with van der Waals surface area (Å²) in [6.07, 6.45) is 0. The Kier molecular flexibility index (Phi) is 6.23. The van der Waals surface area contributed by atoms with Crippen LogP contribution in [-0.4, -0.2) is 54.3 Å². The molecule has 1 aromatic carbocycles. The fourth-order valence-corrected chi connectivity index (χ4v) is 3.38. The molecule has 1 aliphatic rings. The van der Waals surface area contributed by atoms with E-state index in [1.807, 2.05) is 11.8 Å². The standard InChI is InChI=1S/C15H21N3O4S/c1-11-8-16-5-6-17(11)15(19)10-23-9-12-3-4-14(22-2)13(7-12)18(20)21/h3-4,7,11,16H,5-6,8-10H2,1-2H3. The van der Waals surface area contributed by atoms with Crippen LogP contribution in [0.25, 0.3) is 0 Å². The number of amides is 1. The first-order chi connectivity index (χ1) is 11.0. The smallest absolute Gasteiger partial charge is 0.311 e. The van der Waals surface area contributed by atoms with Crippen molar-refractivity contribution in [3.63, 3.8) is 0 Å². The molecule has 1 fully saturated rings. The number of nitro benzene ring substituents is 1. The van der Waals surface area contributed by atoms with Crippen LogP contribution in [0.5, 0.6) is 5.75 Å². The Morgan fingerprint density at radius 1 is 1.57 bits per heavy atom. The fourth-order valence-electron chi connectivity index (χ4n) is 2.52. The maximum atomic E-state index is 12.2. The summed E-state index contributed by atoms with van der Waals surface area (Å²) in [5, 5.41) is 14.3. The van der Waals surface area contributed by atoms with Gasteiger partial charge in [-0.25, -0.2) is 0 Å². The molecular weight excluding hydrogens is 318 g/mol. The number of nitrogens with one attached hydrogen (secondary N) is 1. The summed E-state index contributed by atoms with van der Waals surface area (Å²) in [4.78, 5) is 24.7. The van der Waals surface area contributed by atoms with E-state index in [0.717, 1.165) is 25.2 Å². The molecule has 1 unspecified atom stereocenters. The zero-order valence-corrected chi connectivity index (χ0v) is 14.1. The summed E-state index contributed by atoms with van der Waals surface area (Å²) in [6.45, 7) is 4.41. The number of ether oxygens (including phenoxy) is 1. The zero-order valence-electron chi connectivity index (χ0n) is 13.3. The van der Waals surface area contributed by atoms with Crippen LogP contribution in [0.15, 0.2) is 18.2 Å². The van der Waals surface area contributed by atoms with Gasteiger partial charge in [-0.05, 0) is 18.6 Å². The van der Waals surface area contributed by atoms with Crippen molar-refractivity contribution >= 4 is 23.4 Å². The normalized spacial score (nSPS) is 17.8. The van der Waals surface area contributed by atoms with Crippen molar-refractivity contribution in [2.24, 2.45) is 0 Å². The van der Waals surface area contributed by atoms with E-state index in [9.17, 15) is 14.9 Å². The number of benzene rings is 1. The number of hydrogen-bond donors (Lipinski definition) is 1. The van der Waals surface area contributed by atoms with Crippen LogP contribution in [0.3, 0.4) is 0 Å². The Morgan fingerprint density at radius 2 is 2.35 bits per heavy atom. The number of nitro groups is 1. The first-order valence-corrected chi connectivity index (χ1v) is 8.57. The molecule has 1 atom stereocenters. The molecule has 23 heavy (non-hydrogen) atoms. The highest BCUT2D eigenvalue weighted by molar-refractivity contribution is 7.99. The van der Waals surface area contributed by atoms with Gasteiger partial charge in [0.15, 0.2) is 5.75 Å². The lowest BCUT2D eigenvalue weighted by molar-refractivity contribution is -0.385. The number of nitrogens with zero attached hydrogens (tertiary/aromatic N) is 2. The molecule has 1 amide bonds. The van der Waals surface area contributed by atoms with Crippen LogP contribution in [0.2, 0.25) is 0 Å². The van der Waals surface area contributed by atoms with E-state index < -0.39 is 4.92 Å². The summed E-state index contributed by atoms with van der Waals surface area (Å²) in [5.74, 6) is 1.29. The number of methoxy groups -OCH3 is 1. The first kappa shape index (κ1) is 17.6. The second-order valence-electron chi connectivity index (χ2n) is 5.40. The minimum absolute atomic E-state index is 0.0485. The number of rotatable bonds is 6. The third-order valence-electron chi connectivity index (χ3n) is 3.76. The number of piperazine rings is 1. The van der Waals surface area contributed by atoms with Crippen LogP contribution in [0, 0.1) is 10.1 Å². The van der Waals surface area contributed by atoms with Gasteiger partial charge < -0.3 is 15.0 Å². The monoisotopic (exact) mass is 339 g/mol. The lowest BCUT2D eigenvalue weighted by atomic mass is 10.2. The Morgan fingerprint density at radius 3 is 3.00 bits per heavy atom. The Balaban J connectivity index is 1.89. The zero-order chi connectivity index (χ0) is 16.8. The van der Waals surface area contributed by atoms with Crippen LogP contribution >= 0.6 is 11.8 Å². The summed E-state index contributed by atoms with van der Waals surface area (Å²) in [6, 6.07) is 5.09. The first-order valence-electron chi connectivity index (χ1n) is 7.42. The number of hydrogen-bond acceptors (Lipinski definition) is 6. The van der Waals surface area contributed by atoms with Gasteiger partial charge in [0.05, 0.1) is 17.8 Å². The Bertz CT molecular complexity index is 582. The molecule has 7 nitrogen and oxygen atoms in total. The van der Waals surface area contributed by atoms with Gasteiger partial charge in [-0.1, -0.05) is 6.07 Å². The maximum absolute atomic E-state index is 12.2. The molecule has 1 aliphatic heterocycles. The van der Waals surface area contributed by atoms with E-state index >= 15 is 0 Å². The highest BCUT2D eigenvalue weighted by atomic mass is 32.2. The minimum Gasteiger partial charge on any atom is -0.490 e. The SMILES string of the molecule is COc1ccc(CSCC(=O)N2CCNCC2C)cc1[N+](=O)[O-]. The average molecular weight is 339 g/mol. The van der Waals surface area contributed by atoms with Crippen molar-refractivity contribution in [3.05, 3.63) is 33.9 Å². The molecule has 1 heterocycles. The van der Waals surface area contributed by atoms with Crippen molar-refractivity contribution in [3.8, 4) is 5.75 Å². The summed E-state index contributed by atoms with van der Waals surface area (Å²) >= 11 is 1.47. The third kappa shape index (κ3) is 4.59. The molecule has 8 heteroatoms. The van der Waals surface area contributed by atoms with Crippen molar-refractivity contribution < 1.29 is 14.5 Å². The quantitative estimate of drug-likeness (QED) is 0.627. The lowest BCUT2D eigenvalue weighted by Crippen LogP contribution is -2.52. The van der Waals surface area contributed by atoms with Crippen LogP contribution in [-0.2, 0) is 10.5 Å². The molecule has 1 N–H and O–H groups in total. The molecule has 0 radical (unpaired) electrons. The van der Waals surface area contributed by atoms with E-state index in [2.05, 4.69) is 5.32 Å². The summed E-state index contributed by atoms with van der Waals surface area (Å²) < 4.78 is 4.98. The van der Waals surface area contributed by atoms with Crippen molar-refractivity contribution in [2.45, 2.75) is 18.7 Å². The van der Waals surface area contributed by atoms with E-state index in [-0.39, 0.29) is 23.4 Å². The van der Waals surface area contributed by atoms with Crippen molar-refractivity contribution in [2.75, 3.05) is 32.5 Å². The predicted octanol–water partition coefficient (Wildman–Crippen LogP) is 1.66. The largest absolute Gasteiger partial charge is 0.490 e. The second-order valence-corrected chi connectivity index (χ2v) is 6.38. The molecule has 1 saturated heterocycles. The molecule has 2 rings (SSSR count). The molecule has 0 aliphatic carbocycles. The fraction of sp³-hybridized carbons (Fsp3) is 0.533. The Hall–Kier alpha value is -1.80. The van der Waals surface area contributed by atoms with Gasteiger partial charge in [0.25, 0.3) is 0 Å². The highest BCUT2D eigenvalue weighted by Gasteiger charge is 2.22. The van der Waals surface area contributed by atoms with Crippen molar-refractivity contribution in [1.82, 2.24) is 10.2 Å². The van der Waals surface area contributed by atoms with Gasteiger partial charge in [0, 0.05) is 37.5 Å². The molecular formula is C15H21N3O4S. The molecule has 1 aromatic rings. The topological polar surface area (TPSA) is 84.7 Å². The van der Waals surface area contributed by atoms with Gasteiger partial charge in [0.2, 0.25) is 5.91 Å². The van der Waals surface area contributed by atoms with Crippen molar-refractivity contribution in [1.29, 1.82) is 0 Å². The minimum atomic E-state index is -0.458. The van der Waals surface area contributed by atoms with Gasteiger partial charge in [-0.2, -0.15) is 0 Å². The maximum Gasteiger partial charge on any atom is 0.311 e. The van der Waals surface area contributed by atoms with Gasteiger partial charge in [0.1, 0.15) is 0 Å². The number of carbonyl (C=O) groups is 1. The average Bonchev–Trinajstić information content (AvgIpc) is 2.55. The molecule has 126 valence electrons. The summed E-state index contributed by atoms with van der Waals surface area (Å²) in [5.41, 5.74) is 0.760. The summed E-state index contributed by atoms with van der Waals surface area (Å²) in [7, 11) is 1.41. The molecule has 0 aromatic heterocycles. The van der Waals surface area contributed by atoms with E-state index in [1.54, 1.807) is 12.1 Å². The number of thioether (sulfide) groups is 1. The lowest BCUT2D eigenvalue weighted by Gasteiger charge is -2.34. The third-order valence-corrected chi connectivity index (χ3v) is 4.74. The second kappa shape index (κ2) is 8.16. The molecule has 0 saturated carbocycles. The highest BCUT2D eigenvalue weighted by Crippen LogP contribution is 2.29. The number of carbonyl (C=O) groups excluding carboxylic acids is 1. The van der Waals surface area contributed by atoms with Crippen LogP contribution in [0.4, 0.5) is 5.69 Å². The molecule has 0 bridgehead atoms.